The lowest BCUT2D eigenvalue weighted by atomic mass is 10.3. The minimum atomic E-state index is -5.01. The van der Waals surface area contributed by atoms with Gasteiger partial charge in [-0.1, -0.05) is 6.07 Å². The predicted octanol–water partition coefficient (Wildman–Crippen LogP) is -0.433. The number of nitrogens with zero attached hydrogens (tertiary/aromatic N) is 1. The zero-order valence-electron chi connectivity index (χ0n) is 8.28. The van der Waals surface area contributed by atoms with E-state index in [1.54, 1.807) is 0 Å². The Morgan fingerprint density at radius 3 is 2.24 bits per heavy atom. The van der Waals surface area contributed by atoms with Crippen LogP contribution in [0.5, 0.6) is 0 Å². The first-order valence-corrected chi connectivity index (χ1v) is 7.55. The molecule has 1 heterocycles. The minimum absolute atomic E-state index is 0.340. The van der Waals surface area contributed by atoms with Crippen molar-refractivity contribution in [2.75, 3.05) is 0 Å². The summed E-state index contributed by atoms with van der Waals surface area (Å²) in [7, 11) is -10.0. The summed E-state index contributed by atoms with van der Waals surface area (Å²) in [6, 6.07) is 3.95. The van der Waals surface area contributed by atoms with E-state index in [4.69, 9.17) is 24.5 Å². The van der Waals surface area contributed by atoms with E-state index in [9.17, 15) is 9.36 Å². The molecule has 0 spiro atoms. The summed E-state index contributed by atoms with van der Waals surface area (Å²) in [5.41, 5.74) is -4.26. The molecule has 0 fully saturated rings. The van der Waals surface area contributed by atoms with Crippen LogP contribution in [0.3, 0.4) is 0 Å². The Morgan fingerprint density at radius 2 is 1.88 bits per heavy atom. The van der Waals surface area contributed by atoms with Crippen molar-refractivity contribution in [3.05, 3.63) is 30.1 Å². The van der Waals surface area contributed by atoms with Gasteiger partial charge in [-0.25, -0.2) is 4.79 Å². The zero-order valence-corrected chi connectivity index (χ0v) is 10.1. The fraction of sp³-hybridized carbons (Fsp3) is 0.143. The highest BCUT2D eigenvalue weighted by Gasteiger charge is 2.55. The molecule has 0 amide bonds. The van der Waals surface area contributed by atoms with Gasteiger partial charge in [0, 0.05) is 6.20 Å². The maximum absolute atomic E-state index is 11.4. The maximum Gasteiger partial charge on any atom is 0.480 e. The molecular formula is C7H10NO7P2+. The third kappa shape index (κ3) is 3.62. The van der Waals surface area contributed by atoms with Crippen molar-refractivity contribution in [1.29, 1.82) is 0 Å². The minimum Gasteiger partial charge on any atom is -0.324 e. The van der Waals surface area contributed by atoms with E-state index in [2.05, 4.69) is 4.98 Å². The second kappa shape index (κ2) is 4.88. The fourth-order valence-electron chi connectivity index (χ4n) is 1.14. The van der Waals surface area contributed by atoms with Gasteiger partial charge in [0.25, 0.3) is 0 Å². The highest BCUT2D eigenvalue weighted by molar-refractivity contribution is 7.78. The molecule has 1 aromatic heterocycles. The van der Waals surface area contributed by atoms with Gasteiger partial charge in [-0.05, 0) is 12.1 Å². The van der Waals surface area contributed by atoms with Crippen molar-refractivity contribution in [1.82, 2.24) is 4.98 Å². The van der Waals surface area contributed by atoms with Gasteiger partial charge in [-0.2, -0.15) is 14.7 Å². The lowest BCUT2D eigenvalue weighted by Crippen LogP contribution is -2.17. The average Bonchev–Trinajstić information content (AvgIpc) is 2.15. The molecule has 0 aliphatic carbocycles. The van der Waals surface area contributed by atoms with E-state index in [0.717, 1.165) is 6.07 Å². The molecule has 1 unspecified atom stereocenters. The number of aromatic nitrogens is 1. The molecule has 10 heteroatoms. The maximum atomic E-state index is 11.4. The van der Waals surface area contributed by atoms with E-state index in [0.29, 0.717) is 0 Å². The molecule has 5 N–H and O–H groups in total. The third-order valence-electron chi connectivity index (χ3n) is 1.83. The van der Waals surface area contributed by atoms with Gasteiger partial charge < -0.3 is 9.79 Å². The summed E-state index contributed by atoms with van der Waals surface area (Å²) in [6.07, 6.45) is 1.18. The highest BCUT2D eigenvalue weighted by atomic mass is 31.2. The summed E-state index contributed by atoms with van der Waals surface area (Å²) < 4.78 is 11.1. The van der Waals surface area contributed by atoms with Crippen molar-refractivity contribution < 1.29 is 33.8 Å². The summed E-state index contributed by atoms with van der Waals surface area (Å²) >= 11 is 0. The number of hydrogen-bond donors (Lipinski definition) is 5. The average molecular weight is 282 g/mol. The first-order chi connectivity index (χ1) is 7.64. The van der Waals surface area contributed by atoms with E-state index >= 15 is 0 Å². The summed E-state index contributed by atoms with van der Waals surface area (Å²) in [4.78, 5) is 59.3. The van der Waals surface area contributed by atoms with Crippen LogP contribution in [-0.4, -0.2) is 35.0 Å². The van der Waals surface area contributed by atoms with Crippen molar-refractivity contribution in [3.63, 3.8) is 0 Å². The number of carbonyl (C=O) groups excluding carboxylic acids is 1. The summed E-state index contributed by atoms with van der Waals surface area (Å²) in [6.45, 7) is 0. The monoisotopic (exact) mass is 282 g/mol. The van der Waals surface area contributed by atoms with Crippen LogP contribution in [0.25, 0.3) is 0 Å². The van der Waals surface area contributed by atoms with Gasteiger partial charge in [-0.15, -0.1) is 0 Å². The van der Waals surface area contributed by atoms with E-state index in [1.165, 1.54) is 18.3 Å². The fourth-order valence-corrected chi connectivity index (χ4v) is 3.31. The molecule has 0 radical (unpaired) electrons. The first-order valence-electron chi connectivity index (χ1n) is 4.22. The molecule has 0 aliphatic rings. The smallest absolute Gasteiger partial charge is 0.324 e. The van der Waals surface area contributed by atoms with Crippen molar-refractivity contribution in [2.24, 2.45) is 0 Å². The standard InChI is InChI=1S/C7H9NO7P2/c9-7(17(13,14)15)6(16(10,11)12)5-3-1-2-4-8-5/h1-4,6,13-15H,(H-,10,11,12)/p+1. The van der Waals surface area contributed by atoms with Crippen molar-refractivity contribution >= 4 is 21.1 Å². The van der Waals surface area contributed by atoms with Crippen LogP contribution in [0.2, 0.25) is 0 Å². The summed E-state index contributed by atoms with van der Waals surface area (Å²) in [5.74, 6) is 0. The van der Waals surface area contributed by atoms with Gasteiger partial charge >= 0.3 is 21.1 Å². The third-order valence-corrected chi connectivity index (χ3v) is 4.06. The Morgan fingerprint density at radius 1 is 1.29 bits per heavy atom. The molecule has 0 aromatic carbocycles. The first kappa shape index (κ1) is 14.3. The van der Waals surface area contributed by atoms with Crippen LogP contribution in [0.4, 0.5) is 0 Å². The van der Waals surface area contributed by atoms with Crippen LogP contribution in [0.15, 0.2) is 24.4 Å². The predicted molar refractivity (Wildman–Crippen MR) is 57.6 cm³/mol. The molecule has 1 rings (SSSR count). The molecule has 1 aromatic rings. The molecule has 8 nitrogen and oxygen atoms in total. The second-order valence-corrected chi connectivity index (χ2v) is 6.42. The Balaban J connectivity index is 3.25. The van der Waals surface area contributed by atoms with Crippen molar-refractivity contribution in [2.45, 2.75) is 5.66 Å². The zero-order chi connectivity index (χ0) is 13.3. The highest BCUT2D eigenvalue weighted by Crippen LogP contribution is 2.61. The van der Waals surface area contributed by atoms with Crippen LogP contribution >= 0.6 is 15.5 Å². The largest absolute Gasteiger partial charge is 0.480 e. The Hall–Kier alpha value is -0.720. The number of carbonyl (C=O) groups is 1. The quantitative estimate of drug-likeness (QED) is 0.467. The Bertz CT molecular complexity index is 451. The molecule has 0 aliphatic heterocycles. The van der Waals surface area contributed by atoms with E-state index in [1.807, 2.05) is 0 Å². The van der Waals surface area contributed by atoms with Crippen LogP contribution in [-0.2, 0) is 9.36 Å². The molecule has 0 bridgehead atoms. The molecule has 0 saturated carbocycles. The molecule has 1 atom stereocenters. The van der Waals surface area contributed by atoms with Gasteiger partial charge in [0.2, 0.25) is 5.66 Å². The SMILES string of the molecule is O=C(C(c1ccccn1)P(=O)(O)O)[P+](O)(O)O. The topological polar surface area (TPSA) is 148 Å². The molecule has 94 valence electrons. The van der Waals surface area contributed by atoms with Crippen LogP contribution < -0.4 is 0 Å². The molecule has 17 heavy (non-hydrogen) atoms. The molecule has 0 saturated heterocycles. The number of hydrogen-bond acceptors (Lipinski definition) is 6. The Labute approximate surface area is 96.3 Å². The van der Waals surface area contributed by atoms with Gasteiger partial charge in [0.15, 0.2) is 0 Å². The number of rotatable bonds is 4. The van der Waals surface area contributed by atoms with Gasteiger partial charge in [-0.3, -0.25) is 9.55 Å². The van der Waals surface area contributed by atoms with Crippen molar-refractivity contribution in [3.8, 4) is 0 Å². The lowest BCUT2D eigenvalue weighted by Gasteiger charge is -2.15. The second-order valence-electron chi connectivity index (χ2n) is 3.15. The van der Waals surface area contributed by atoms with Crippen LogP contribution in [0, 0.1) is 0 Å². The normalized spacial score (nSPS) is 14.4. The summed E-state index contributed by atoms with van der Waals surface area (Å²) in [5, 5.41) is 0. The van der Waals surface area contributed by atoms with Gasteiger partial charge in [0.1, 0.15) is 0 Å². The Kier molecular flexibility index (Phi) is 4.11. The molecular weight excluding hydrogens is 272 g/mol. The van der Waals surface area contributed by atoms with Gasteiger partial charge in [0.05, 0.1) is 5.69 Å². The van der Waals surface area contributed by atoms with E-state index < -0.39 is 26.7 Å². The van der Waals surface area contributed by atoms with Crippen LogP contribution in [0.1, 0.15) is 11.4 Å². The lowest BCUT2D eigenvalue weighted by molar-refractivity contribution is -0.114. The number of pyridine rings is 1. The van der Waals surface area contributed by atoms with E-state index in [-0.39, 0.29) is 5.69 Å².